The largest absolute Gasteiger partial charge is 0.353 e. The lowest BCUT2D eigenvalue weighted by molar-refractivity contribution is -0.117. The fraction of sp³-hybridized carbons (Fsp3) is 0.200. The Balaban J connectivity index is 1.86. The molecule has 1 amide bonds. The van der Waals surface area contributed by atoms with Crippen molar-refractivity contribution >= 4 is 28.3 Å². The van der Waals surface area contributed by atoms with Crippen LogP contribution in [0.15, 0.2) is 84.4 Å². The van der Waals surface area contributed by atoms with Gasteiger partial charge in [-0.3, -0.25) is 14.5 Å². The van der Waals surface area contributed by atoms with E-state index in [9.17, 15) is 14.0 Å². The predicted octanol–water partition coefficient (Wildman–Crippen LogP) is 7.24. The molecule has 0 spiro atoms. The van der Waals surface area contributed by atoms with E-state index >= 15 is 0 Å². The van der Waals surface area contributed by atoms with Gasteiger partial charge in [-0.25, -0.2) is 4.39 Å². The minimum Gasteiger partial charge on any atom is -0.353 e. The number of nitrogens with one attached hydrogen (secondary N) is 1. The number of ketones is 1. The van der Waals surface area contributed by atoms with E-state index in [2.05, 4.69) is 4.98 Å². The van der Waals surface area contributed by atoms with Gasteiger partial charge in [-0.1, -0.05) is 81.4 Å². The van der Waals surface area contributed by atoms with Crippen molar-refractivity contribution in [2.75, 3.05) is 4.90 Å². The molecule has 0 bridgehead atoms. The van der Waals surface area contributed by atoms with Gasteiger partial charge in [0.05, 0.1) is 23.0 Å². The van der Waals surface area contributed by atoms with Crippen LogP contribution in [-0.4, -0.2) is 16.7 Å². The van der Waals surface area contributed by atoms with Gasteiger partial charge in [0.25, 0.3) is 0 Å². The molecule has 5 heteroatoms. The highest BCUT2D eigenvalue weighted by Gasteiger charge is 2.41. The Morgan fingerprint density at radius 1 is 0.943 bits per heavy atom. The van der Waals surface area contributed by atoms with Crippen molar-refractivity contribution in [3.05, 3.63) is 101 Å². The average molecular weight is 467 g/mol. The number of carbonyl (C=O) groups excluding carboxylic acids is 2. The maximum absolute atomic E-state index is 15.0. The number of nitrogens with zero attached hydrogens (tertiary/aromatic N) is 1. The molecule has 0 fully saturated rings. The first-order valence-electron chi connectivity index (χ1n) is 11.7. The van der Waals surface area contributed by atoms with Crippen molar-refractivity contribution in [1.82, 2.24) is 4.98 Å². The molecule has 1 aliphatic rings. The number of fused-ring (bicyclic) bond motifs is 2. The Bertz CT molecular complexity index is 1490. The number of benzene rings is 3. The van der Waals surface area contributed by atoms with Crippen molar-refractivity contribution in [3.63, 3.8) is 0 Å². The zero-order valence-electron chi connectivity index (χ0n) is 20.2. The van der Waals surface area contributed by atoms with Crippen LogP contribution in [0, 0.1) is 11.2 Å². The number of allylic oxidation sites excluding steroid dienone is 1. The zero-order valence-corrected chi connectivity index (χ0v) is 20.2. The molecule has 0 radical (unpaired) electrons. The van der Waals surface area contributed by atoms with Crippen LogP contribution in [0.3, 0.4) is 0 Å². The number of H-pyrrole nitrogens is 1. The molecule has 35 heavy (non-hydrogen) atoms. The summed E-state index contributed by atoms with van der Waals surface area (Å²) in [6, 6.07) is 21.7. The molecule has 1 aliphatic carbocycles. The molecular formula is C30H27FN2O2. The van der Waals surface area contributed by atoms with Crippen molar-refractivity contribution in [2.45, 2.75) is 33.7 Å². The standard InChI is InChI=1S/C30H27FN2O2/c1-18(34)33(28-21-14-10-15-23(31)26(21)25(35)17-22(28)30(2,3)4)29-20-13-8-9-16-24(20)32-27(29)19-11-6-5-7-12-19/h5-17,28,32H,1-4H3/t28-/m0/s1. The summed E-state index contributed by atoms with van der Waals surface area (Å²) in [5.41, 5.74) is 4.17. The Morgan fingerprint density at radius 2 is 1.63 bits per heavy atom. The average Bonchev–Trinajstić information content (AvgIpc) is 3.19. The molecule has 1 heterocycles. The lowest BCUT2D eigenvalue weighted by Gasteiger charge is -2.41. The van der Waals surface area contributed by atoms with Crippen LogP contribution in [0.25, 0.3) is 22.2 Å². The minimum absolute atomic E-state index is 0.0258. The first-order valence-corrected chi connectivity index (χ1v) is 11.7. The summed E-state index contributed by atoms with van der Waals surface area (Å²) < 4.78 is 15.0. The van der Waals surface area contributed by atoms with Gasteiger partial charge in [0.2, 0.25) is 5.91 Å². The summed E-state index contributed by atoms with van der Waals surface area (Å²) in [5, 5.41) is 0.879. The van der Waals surface area contributed by atoms with Crippen LogP contribution in [0.2, 0.25) is 0 Å². The Morgan fingerprint density at radius 3 is 2.31 bits per heavy atom. The third-order valence-corrected chi connectivity index (χ3v) is 6.61. The van der Waals surface area contributed by atoms with Gasteiger partial charge in [-0.05, 0) is 34.8 Å². The summed E-state index contributed by atoms with van der Waals surface area (Å²) in [7, 11) is 0. The highest BCUT2D eigenvalue weighted by molar-refractivity contribution is 6.12. The predicted molar refractivity (Wildman–Crippen MR) is 138 cm³/mol. The van der Waals surface area contributed by atoms with Crippen molar-refractivity contribution in [3.8, 4) is 11.3 Å². The van der Waals surface area contributed by atoms with Gasteiger partial charge in [-0.2, -0.15) is 0 Å². The monoisotopic (exact) mass is 466 g/mol. The third kappa shape index (κ3) is 3.77. The fourth-order valence-corrected chi connectivity index (χ4v) is 5.05. The van der Waals surface area contributed by atoms with E-state index in [-0.39, 0.29) is 17.3 Å². The number of hydrogen-bond donors (Lipinski definition) is 1. The molecule has 1 N–H and O–H groups in total. The number of aromatic amines is 1. The molecule has 0 unspecified atom stereocenters. The van der Waals surface area contributed by atoms with E-state index < -0.39 is 17.3 Å². The van der Waals surface area contributed by atoms with E-state index in [4.69, 9.17) is 0 Å². The maximum atomic E-state index is 15.0. The van der Waals surface area contributed by atoms with E-state index in [1.54, 1.807) is 17.0 Å². The SMILES string of the molecule is CC(=O)N(c1c(-c2ccccc2)[nH]c2ccccc12)[C@@H]1C(C(C)(C)C)=CC(=O)c2c(F)cccc21. The van der Waals surface area contributed by atoms with Crippen molar-refractivity contribution < 1.29 is 14.0 Å². The zero-order chi connectivity index (χ0) is 24.9. The van der Waals surface area contributed by atoms with Crippen molar-refractivity contribution in [1.29, 1.82) is 0 Å². The van der Waals surface area contributed by atoms with E-state index in [1.165, 1.54) is 19.1 Å². The van der Waals surface area contributed by atoms with Crippen LogP contribution >= 0.6 is 0 Å². The molecular weight excluding hydrogens is 439 g/mol. The first-order chi connectivity index (χ1) is 16.7. The molecule has 1 aromatic heterocycles. The van der Waals surface area contributed by atoms with Gasteiger partial charge in [0, 0.05) is 23.4 Å². The normalized spacial score (nSPS) is 15.6. The molecule has 0 saturated carbocycles. The molecule has 176 valence electrons. The summed E-state index contributed by atoms with van der Waals surface area (Å²) >= 11 is 0. The van der Waals surface area contributed by atoms with Crippen molar-refractivity contribution in [2.24, 2.45) is 5.41 Å². The molecule has 3 aromatic carbocycles. The fourth-order valence-electron chi connectivity index (χ4n) is 5.05. The third-order valence-electron chi connectivity index (χ3n) is 6.61. The minimum atomic E-state index is -0.641. The van der Waals surface area contributed by atoms with E-state index in [0.29, 0.717) is 11.3 Å². The topological polar surface area (TPSA) is 53.2 Å². The molecule has 4 aromatic rings. The maximum Gasteiger partial charge on any atom is 0.224 e. The van der Waals surface area contributed by atoms with Crippen LogP contribution in [0.5, 0.6) is 0 Å². The van der Waals surface area contributed by atoms with E-state index in [1.807, 2.05) is 75.4 Å². The summed E-state index contributed by atoms with van der Waals surface area (Å²) in [6.07, 6.45) is 1.52. The molecule has 4 nitrogen and oxygen atoms in total. The first kappa shape index (κ1) is 22.8. The number of carbonyl (C=O) groups is 2. The van der Waals surface area contributed by atoms with Crippen LogP contribution < -0.4 is 4.90 Å². The number of aromatic nitrogens is 1. The van der Waals surface area contributed by atoms with Gasteiger partial charge < -0.3 is 4.98 Å². The number of para-hydroxylation sites is 1. The number of hydrogen-bond acceptors (Lipinski definition) is 2. The second-order valence-electron chi connectivity index (χ2n) is 9.97. The molecule has 0 aliphatic heterocycles. The summed E-state index contributed by atoms with van der Waals surface area (Å²) in [5.74, 6) is -1.14. The van der Waals surface area contributed by atoms with Gasteiger partial charge >= 0.3 is 0 Å². The lowest BCUT2D eigenvalue weighted by Crippen LogP contribution is -2.40. The second kappa shape index (κ2) is 8.35. The Hall–Kier alpha value is -3.99. The Labute approximate surface area is 204 Å². The van der Waals surface area contributed by atoms with Gasteiger partial charge in [0.15, 0.2) is 5.78 Å². The summed E-state index contributed by atoms with van der Waals surface area (Å²) in [4.78, 5) is 31.8. The molecule has 0 saturated heterocycles. The molecule has 5 rings (SSSR count). The number of amides is 1. The highest BCUT2D eigenvalue weighted by atomic mass is 19.1. The van der Waals surface area contributed by atoms with Gasteiger partial charge in [0.1, 0.15) is 5.82 Å². The van der Waals surface area contributed by atoms with Gasteiger partial charge in [-0.15, -0.1) is 0 Å². The Kier molecular flexibility index (Phi) is 5.43. The summed E-state index contributed by atoms with van der Waals surface area (Å²) in [6.45, 7) is 7.55. The number of rotatable bonds is 3. The van der Waals surface area contributed by atoms with Crippen LogP contribution in [0.4, 0.5) is 10.1 Å². The molecule has 1 atom stereocenters. The highest BCUT2D eigenvalue weighted by Crippen LogP contribution is 2.49. The second-order valence-corrected chi connectivity index (χ2v) is 9.97. The number of halogens is 1. The smallest absolute Gasteiger partial charge is 0.224 e. The van der Waals surface area contributed by atoms with Crippen LogP contribution in [-0.2, 0) is 4.79 Å². The quantitative estimate of drug-likeness (QED) is 0.346. The lowest BCUT2D eigenvalue weighted by atomic mass is 9.73. The van der Waals surface area contributed by atoms with Crippen LogP contribution in [0.1, 0.15) is 49.7 Å². The van der Waals surface area contributed by atoms with E-state index in [0.717, 1.165) is 27.7 Å². The number of anilines is 1.